The summed E-state index contributed by atoms with van der Waals surface area (Å²) in [5.41, 5.74) is -0.480. The van der Waals surface area contributed by atoms with Crippen LogP contribution in [0.5, 0.6) is 0 Å². The zero-order valence-electron chi connectivity index (χ0n) is 7.49. The lowest BCUT2D eigenvalue weighted by atomic mass is 10.1. The molecule has 13 heavy (non-hydrogen) atoms. The minimum atomic E-state index is -1.31. The Balaban J connectivity index is 2.79. The Bertz CT molecular complexity index is 317. The molecule has 1 unspecified atom stereocenters. The van der Waals surface area contributed by atoms with Gasteiger partial charge in [0.15, 0.2) is 0 Å². The second-order valence-corrected chi connectivity index (χ2v) is 3.05. The lowest BCUT2D eigenvalue weighted by Gasteiger charge is -2.10. The highest BCUT2D eigenvalue weighted by atomic mass is 16.3. The minimum absolute atomic E-state index is 0.354. The third-order valence-electron chi connectivity index (χ3n) is 1.56. The van der Waals surface area contributed by atoms with Gasteiger partial charge in [0.2, 0.25) is 0 Å². The van der Waals surface area contributed by atoms with Crippen molar-refractivity contribution >= 4 is 0 Å². The topological polar surface area (TPSA) is 40.5 Å². The number of hydrogen-bond donors (Lipinski definition) is 2. The third-order valence-corrected chi connectivity index (χ3v) is 1.56. The molecule has 2 N–H and O–H groups in total. The largest absolute Gasteiger partial charge is 0.392 e. The van der Waals surface area contributed by atoms with Gasteiger partial charge in [0.1, 0.15) is 5.60 Å². The second-order valence-electron chi connectivity index (χ2n) is 3.05. The average molecular weight is 176 g/mol. The highest BCUT2D eigenvalue weighted by Gasteiger charge is 2.13. The highest BCUT2D eigenvalue weighted by molar-refractivity contribution is 5.35. The van der Waals surface area contributed by atoms with Crippen molar-refractivity contribution in [2.24, 2.45) is 0 Å². The Morgan fingerprint density at radius 2 is 1.92 bits per heavy atom. The maximum absolute atomic E-state index is 9.36. The first-order chi connectivity index (χ1) is 6.14. The maximum atomic E-state index is 9.36. The minimum Gasteiger partial charge on any atom is -0.392 e. The van der Waals surface area contributed by atoms with Gasteiger partial charge in [0.05, 0.1) is 6.61 Å². The van der Waals surface area contributed by atoms with E-state index in [1.54, 1.807) is 0 Å². The molecule has 1 aromatic rings. The summed E-state index contributed by atoms with van der Waals surface area (Å²) in [5, 5.41) is 18.1. The summed E-state index contributed by atoms with van der Waals surface area (Å²) in [6.07, 6.45) is 0. The van der Waals surface area contributed by atoms with E-state index in [0.29, 0.717) is 0 Å². The zero-order valence-corrected chi connectivity index (χ0v) is 7.49. The number of hydrogen-bond acceptors (Lipinski definition) is 2. The molecule has 1 aromatic carbocycles. The van der Waals surface area contributed by atoms with E-state index in [0.717, 1.165) is 5.56 Å². The molecule has 0 fully saturated rings. The Hall–Kier alpha value is -1.30. The third kappa shape index (κ3) is 3.29. The molecular weight excluding hydrogens is 164 g/mol. The SMILES string of the molecule is CC(O)(C#Cc1ccccc1)CO. The van der Waals surface area contributed by atoms with Gasteiger partial charge in [0, 0.05) is 5.56 Å². The molecule has 0 aliphatic rings. The predicted octanol–water partition coefficient (Wildman–Crippen LogP) is 0.781. The van der Waals surface area contributed by atoms with E-state index in [1.807, 2.05) is 30.3 Å². The number of benzene rings is 1. The maximum Gasteiger partial charge on any atom is 0.145 e. The summed E-state index contributed by atoms with van der Waals surface area (Å²) in [4.78, 5) is 0. The van der Waals surface area contributed by atoms with Crippen molar-refractivity contribution in [2.75, 3.05) is 6.61 Å². The fraction of sp³-hybridized carbons (Fsp3) is 0.273. The standard InChI is InChI=1S/C11H12O2/c1-11(13,9-12)8-7-10-5-3-2-4-6-10/h2-6,12-13H,9H2,1H3. The van der Waals surface area contributed by atoms with E-state index in [2.05, 4.69) is 11.8 Å². The smallest absolute Gasteiger partial charge is 0.145 e. The quantitative estimate of drug-likeness (QED) is 0.621. The molecule has 0 radical (unpaired) electrons. The van der Waals surface area contributed by atoms with Gasteiger partial charge in [-0.15, -0.1) is 0 Å². The summed E-state index contributed by atoms with van der Waals surface area (Å²) in [6.45, 7) is 1.12. The van der Waals surface area contributed by atoms with Crippen LogP contribution in [0.3, 0.4) is 0 Å². The van der Waals surface area contributed by atoms with E-state index in [4.69, 9.17) is 5.11 Å². The molecule has 0 aliphatic carbocycles. The second kappa shape index (κ2) is 4.08. The number of aliphatic hydroxyl groups excluding tert-OH is 1. The Kier molecular flexibility index (Phi) is 3.07. The molecule has 0 spiro atoms. The van der Waals surface area contributed by atoms with Crippen molar-refractivity contribution in [3.05, 3.63) is 35.9 Å². The molecule has 0 aromatic heterocycles. The van der Waals surface area contributed by atoms with Crippen LogP contribution in [0.4, 0.5) is 0 Å². The van der Waals surface area contributed by atoms with Crippen LogP contribution in [0.1, 0.15) is 12.5 Å². The molecule has 2 heteroatoms. The van der Waals surface area contributed by atoms with E-state index in [9.17, 15) is 5.11 Å². The Labute approximate surface area is 77.8 Å². The van der Waals surface area contributed by atoms with Gasteiger partial charge >= 0.3 is 0 Å². The first kappa shape index (κ1) is 9.79. The highest BCUT2D eigenvalue weighted by Crippen LogP contribution is 2.00. The molecule has 0 heterocycles. The first-order valence-electron chi connectivity index (χ1n) is 4.05. The van der Waals surface area contributed by atoms with Crippen LogP contribution >= 0.6 is 0 Å². The van der Waals surface area contributed by atoms with Crippen molar-refractivity contribution in [1.29, 1.82) is 0 Å². The molecule has 0 saturated carbocycles. The normalized spacial score (nSPS) is 14.1. The van der Waals surface area contributed by atoms with Crippen molar-refractivity contribution in [3.8, 4) is 11.8 Å². The summed E-state index contributed by atoms with van der Waals surface area (Å²) >= 11 is 0. The van der Waals surface area contributed by atoms with Crippen molar-refractivity contribution in [1.82, 2.24) is 0 Å². The van der Waals surface area contributed by atoms with Crippen LogP contribution in [0, 0.1) is 11.8 Å². The van der Waals surface area contributed by atoms with Crippen molar-refractivity contribution in [3.63, 3.8) is 0 Å². The summed E-state index contributed by atoms with van der Waals surface area (Å²) < 4.78 is 0. The lowest BCUT2D eigenvalue weighted by molar-refractivity contribution is 0.0519. The van der Waals surface area contributed by atoms with Crippen LogP contribution in [0.2, 0.25) is 0 Å². The van der Waals surface area contributed by atoms with Gasteiger partial charge in [-0.3, -0.25) is 0 Å². The van der Waals surface area contributed by atoms with Crippen LogP contribution in [-0.2, 0) is 0 Å². The van der Waals surface area contributed by atoms with Gasteiger partial charge in [-0.1, -0.05) is 30.0 Å². The molecule has 0 saturated heterocycles. The van der Waals surface area contributed by atoms with Gasteiger partial charge < -0.3 is 10.2 Å². The number of aliphatic hydroxyl groups is 2. The van der Waals surface area contributed by atoms with Crippen molar-refractivity contribution in [2.45, 2.75) is 12.5 Å². The fourth-order valence-electron chi connectivity index (χ4n) is 0.768. The summed E-state index contributed by atoms with van der Waals surface area (Å²) in [5.74, 6) is 5.36. The molecule has 2 nitrogen and oxygen atoms in total. The molecule has 0 aliphatic heterocycles. The van der Waals surface area contributed by atoms with Crippen LogP contribution in [0.25, 0.3) is 0 Å². The molecule has 1 atom stereocenters. The van der Waals surface area contributed by atoms with E-state index < -0.39 is 5.60 Å². The molecule has 68 valence electrons. The van der Waals surface area contributed by atoms with Gasteiger partial charge in [-0.05, 0) is 19.1 Å². The Morgan fingerprint density at radius 1 is 1.31 bits per heavy atom. The van der Waals surface area contributed by atoms with E-state index in [1.165, 1.54) is 6.92 Å². The molecule has 1 rings (SSSR count). The molecule has 0 amide bonds. The monoisotopic (exact) mass is 176 g/mol. The van der Waals surface area contributed by atoms with Crippen LogP contribution in [0.15, 0.2) is 30.3 Å². The van der Waals surface area contributed by atoms with Gasteiger partial charge in [-0.25, -0.2) is 0 Å². The predicted molar refractivity (Wildman–Crippen MR) is 51.0 cm³/mol. The molecular formula is C11H12O2. The summed E-state index contributed by atoms with van der Waals surface area (Å²) in [6, 6.07) is 9.34. The summed E-state index contributed by atoms with van der Waals surface area (Å²) in [7, 11) is 0. The van der Waals surface area contributed by atoms with E-state index in [-0.39, 0.29) is 6.61 Å². The lowest BCUT2D eigenvalue weighted by Crippen LogP contribution is -2.26. The Morgan fingerprint density at radius 3 is 2.46 bits per heavy atom. The number of rotatable bonds is 1. The van der Waals surface area contributed by atoms with Crippen molar-refractivity contribution < 1.29 is 10.2 Å². The zero-order chi connectivity index (χ0) is 9.73. The van der Waals surface area contributed by atoms with Crippen LogP contribution < -0.4 is 0 Å². The average Bonchev–Trinajstić information content (AvgIpc) is 2.17. The fourth-order valence-corrected chi connectivity index (χ4v) is 0.768. The van der Waals surface area contributed by atoms with Gasteiger partial charge in [-0.2, -0.15) is 0 Å². The first-order valence-corrected chi connectivity index (χ1v) is 4.05. The van der Waals surface area contributed by atoms with Gasteiger partial charge in [0.25, 0.3) is 0 Å². The molecule has 0 bridgehead atoms. The van der Waals surface area contributed by atoms with Crippen LogP contribution in [-0.4, -0.2) is 22.4 Å². The van der Waals surface area contributed by atoms with E-state index >= 15 is 0 Å².